The highest BCUT2D eigenvalue weighted by Crippen LogP contribution is 2.25. The third kappa shape index (κ3) is 2.34. The number of nitrogen functional groups attached to an aromatic ring is 1. The molecule has 0 spiro atoms. The number of anilines is 2. The number of benzene rings is 1. The Morgan fingerprint density at radius 3 is 2.50 bits per heavy atom. The molecular weight excluding hydrogens is 228 g/mol. The first-order valence-corrected chi connectivity index (χ1v) is 5.67. The minimum absolute atomic E-state index is 0.100. The molecule has 1 amide bonds. The van der Waals surface area contributed by atoms with Gasteiger partial charge in [0.15, 0.2) is 0 Å². The molecule has 0 bridgehead atoms. The third-order valence-corrected chi connectivity index (χ3v) is 2.95. The summed E-state index contributed by atoms with van der Waals surface area (Å²) in [6.45, 7) is 3.73. The summed E-state index contributed by atoms with van der Waals surface area (Å²) >= 11 is 0. The first kappa shape index (κ1) is 12.2. The van der Waals surface area contributed by atoms with E-state index in [1.807, 2.05) is 26.0 Å². The lowest BCUT2D eigenvalue weighted by Gasteiger charge is -2.23. The van der Waals surface area contributed by atoms with Crippen molar-refractivity contribution < 1.29 is 4.79 Å². The Bertz CT molecular complexity index is 529. The zero-order valence-electron chi connectivity index (χ0n) is 10.4. The van der Waals surface area contributed by atoms with E-state index >= 15 is 0 Å². The van der Waals surface area contributed by atoms with E-state index in [1.54, 1.807) is 24.4 Å². The third-order valence-electron chi connectivity index (χ3n) is 2.95. The van der Waals surface area contributed by atoms with Crippen LogP contribution < -0.4 is 11.1 Å². The van der Waals surface area contributed by atoms with Crippen molar-refractivity contribution >= 4 is 17.4 Å². The van der Waals surface area contributed by atoms with Gasteiger partial charge in [0.2, 0.25) is 5.91 Å². The van der Waals surface area contributed by atoms with E-state index < -0.39 is 5.41 Å². The van der Waals surface area contributed by atoms with E-state index in [2.05, 4.69) is 15.5 Å². The number of carbonyl (C=O) groups is 1. The number of aromatic nitrogens is 2. The minimum Gasteiger partial charge on any atom is -0.399 e. The number of hydrogen-bond donors (Lipinski definition) is 3. The fraction of sp³-hybridized carbons (Fsp3) is 0.231. The van der Waals surface area contributed by atoms with Crippen LogP contribution in [0.4, 0.5) is 11.5 Å². The Balaban J connectivity index is 2.19. The highest BCUT2D eigenvalue weighted by atomic mass is 16.2. The quantitative estimate of drug-likeness (QED) is 0.721. The lowest BCUT2D eigenvalue weighted by molar-refractivity contribution is -0.120. The highest BCUT2D eigenvalue weighted by Gasteiger charge is 2.29. The SMILES string of the molecule is CC(C)(C(=O)Nc1ccn[nH]1)c1ccc(N)cc1. The molecule has 0 saturated heterocycles. The van der Waals surface area contributed by atoms with Crippen molar-refractivity contribution in [2.45, 2.75) is 19.3 Å². The minimum atomic E-state index is -0.640. The average molecular weight is 244 g/mol. The predicted octanol–water partition coefficient (Wildman–Crippen LogP) is 1.91. The summed E-state index contributed by atoms with van der Waals surface area (Å²) in [4.78, 5) is 12.2. The molecule has 94 valence electrons. The fourth-order valence-electron chi connectivity index (χ4n) is 1.63. The molecular formula is C13H16N4O. The molecule has 18 heavy (non-hydrogen) atoms. The van der Waals surface area contributed by atoms with Gasteiger partial charge < -0.3 is 11.1 Å². The van der Waals surface area contributed by atoms with Gasteiger partial charge in [-0.25, -0.2) is 0 Å². The summed E-state index contributed by atoms with van der Waals surface area (Å²) in [5.41, 5.74) is 6.60. The molecule has 1 aromatic carbocycles. The number of carbonyl (C=O) groups excluding carboxylic acids is 1. The van der Waals surface area contributed by atoms with Crippen LogP contribution in [-0.4, -0.2) is 16.1 Å². The maximum atomic E-state index is 12.2. The molecule has 0 fully saturated rings. The van der Waals surface area contributed by atoms with Crippen LogP contribution in [0.25, 0.3) is 0 Å². The smallest absolute Gasteiger partial charge is 0.235 e. The molecule has 1 heterocycles. The molecule has 5 nitrogen and oxygen atoms in total. The number of hydrogen-bond acceptors (Lipinski definition) is 3. The van der Waals surface area contributed by atoms with Crippen molar-refractivity contribution in [3.63, 3.8) is 0 Å². The van der Waals surface area contributed by atoms with Gasteiger partial charge in [0.25, 0.3) is 0 Å². The van der Waals surface area contributed by atoms with Crippen LogP contribution in [0.5, 0.6) is 0 Å². The molecule has 0 aliphatic carbocycles. The number of H-pyrrole nitrogens is 1. The second-order valence-corrected chi connectivity index (χ2v) is 4.67. The zero-order chi connectivity index (χ0) is 13.2. The van der Waals surface area contributed by atoms with E-state index in [-0.39, 0.29) is 5.91 Å². The van der Waals surface area contributed by atoms with Crippen molar-refractivity contribution in [1.82, 2.24) is 10.2 Å². The number of rotatable bonds is 3. The van der Waals surface area contributed by atoms with Crippen LogP contribution in [0.15, 0.2) is 36.5 Å². The summed E-state index contributed by atoms with van der Waals surface area (Å²) < 4.78 is 0. The Kier molecular flexibility index (Phi) is 3.06. The van der Waals surface area contributed by atoms with Crippen molar-refractivity contribution in [2.24, 2.45) is 0 Å². The Labute approximate surface area is 105 Å². The van der Waals surface area contributed by atoms with Crippen LogP contribution in [0.3, 0.4) is 0 Å². The molecule has 0 aliphatic rings. The zero-order valence-corrected chi connectivity index (χ0v) is 10.4. The monoisotopic (exact) mass is 244 g/mol. The molecule has 0 saturated carbocycles. The average Bonchev–Trinajstić information content (AvgIpc) is 2.82. The number of nitrogens with two attached hydrogens (primary N) is 1. The molecule has 0 aliphatic heterocycles. The van der Waals surface area contributed by atoms with Crippen molar-refractivity contribution in [1.29, 1.82) is 0 Å². The topological polar surface area (TPSA) is 83.8 Å². The van der Waals surface area contributed by atoms with Gasteiger partial charge in [0.05, 0.1) is 11.6 Å². The summed E-state index contributed by atoms with van der Waals surface area (Å²) in [5.74, 6) is 0.486. The number of amides is 1. The Morgan fingerprint density at radius 2 is 1.94 bits per heavy atom. The molecule has 5 heteroatoms. The first-order valence-electron chi connectivity index (χ1n) is 5.67. The van der Waals surface area contributed by atoms with Gasteiger partial charge in [-0.05, 0) is 31.5 Å². The lowest BCUT2D eigenvalue weighted by Crippen LogP contribution is -2.34. The van der Waals surface area contributed by atoms with Crippen LogP contribution in [0.2, 0.25) is 0 Å². The number of aromatic amines is 1. The van der Waals surface area contributed by atoms with Gasteiger partial charge in [0, 0.05) is 11.8 Å². The lowest BCUT2D eigenvalue weighted by atomic mass is 9.83. The fourth-order valence-corrected chi connectivity index (χ4v) is 1.63. The molecule has 0 unspecified atom stereocenters. The van der Waals surface area contributed by atoms with Gasteiger partial charge >= 0.3 is 0 Å². The van der Waals surface area contributed by atoms with Crippen LogP contribution in [0, 0.1) is 0 Å². The highest BCUT2D eigenvalue weighted by molar-refractivity contribution is 5.97. The Morgan fingerprint density at radius 1 is 1.28 bits per heavy atom. The molecule has 2 rings (SSSR count). The summed E-state index contributed by atoms with van der Waals surface area (Å²) in [5, 5.41) is 9.27. The van der Waals surface area contributed by atoms with E-state index in [4.69, 9.17) is 5.73 Å². The second-order valence-electron chi connectivity index (χ2n) is 4.67. The van der Waals surface area contributed by atoms with Gasteiger partial charge in [-0.3, -0.25) is 9.89 Å². The maximum absolute atomic E-state index is 12.2. The molecule has 0 atom stereocenters. The first-order chi connectivity index (χ1) is 8.50. The van der Waals surface area contributed by atoms with Crippen LogP contribution >= 0.6 is 0 Å². The summed E-state index contributed by atoms with van der Waals surface area (Å²) in [6.07, 6.45) is 1.59. The van der Waals surface area contributed by atoms with E-state index in [1.165, 1.54) is 0 Å². The van der Waals surface area contributed by atoms with Crippen molar-refractivity contribution in [3.05, 3.63) is 42.1 Å². The molecule has 0 radical (unpaired) electrons. The van der Waals surface area contributed by atoms with Gasteiger partial charge in [-0.2, -0.15) is 5.10 Å². The van der Waals surface area contributed by atoms with Crippen molar-refractivity contribution in [2.75, 3.05) is 11.1 Å². The van der Waals surface area contributed by atoms with Gasteiger partial charge in [-0.1, -0.05) is 12.1 Å². The van der Waals surface area contributed by atoms with Crippen LogP contribution in [-0.2, 0) is 10.2 Å². The van der Waals surface area contributed by atoms with Gasteiger partial charge in [0.1, 0.15) is 5.82 Å². The normalized spacial score (nSPS) is 11.2. The van der Waals surface area contributed by atoms with E-state index in [9.17, 15) is 4.79 Å². The second kappa shape index (κ2) is 4.52. The van der Waals surface area contributed by atoms with E-state index in [0.717, 1.165) is 5.56 Å². The summed E-state index contributed by atoms with van der Waals surface area (Å²) in [7, 11) is 0. The molecule has 2 aromatic rings. The molecule has 4 N–H and O–H groups in total. The van der Waals surface area contributed by atoms with Crippen LogP contribution in [0.1, 0.15) is 19.4 Å². The van der Waals surface area contributed by atoms with E-state index in [0.29, 0.717) is 11.5 Å². The maximum Gasteiger partial charge on any atom is 0.235 e. The number of nitrogens with zero attached hydrogens (tertiary/aromatic N) is 1. The predicted molar refractivity (Wildman–Crippen MR) is 71.1 cm³/mol. The van der Waals surface area contributed by atoms with Crippen molar-refractivity contribution in [3.8, 4) is 0 Å². The largest absolute Gasteiger partial charge is 0.399 e. The van der Waals surface area contributed by atoms with Gasteiger partial charge in [-0.15, -0.1) is 0 Å². The summed E-state index contributed by atoms with van der Waals surface area (Å²) in [6, 6.07) is 9.02. The number of nitrogens with one attached hydrogen (secondary N) is 2. The Hall–Kier alpha value is -2.30. The molecule has 1 aromatic heterocycles. The standard InChI is InChI=1S/C13H16N4O/c1-13(2,9-3-5-10(14)6-4-9)12(18)16-11-7-8-15-17-11/h3-8H,14H2,1-2H3,(H2,15,16,17,18).